The van der Waals surface area contributed by atoms with Crippen molar-refractivity contribution in [1.29, 1.82) is 0 Å². The highest BCUT2D eigenvalue weighted by Crippen LogP contribution is 2.52. The molecule has 0 spiro atoms. The van der Waals surface area contributed by atoms with Gasteiger partial charge < -0.3 is 0 Å². The molecule has 0 saturated heterocycles. The molecule has 116 valence electrons. The first-order chi connectivity index (χ1) is 10.1. The van der Waals surface area contributed by atoms with E-state index in [1.807, 2.05) is 38.1 Å². The third-order valence-corrected chi connectivity index (χ3v) is 4.56. The second-order valence-corrected chi connectivity index (χ2v) is 7.54. The van der Waals surface area contributed by atoms with Crippen molar-refractivity contribution in [1.82, 2.24) is 0 Å². The van der Waals surface area contributed by atoms with Gasteiger partial charge in [-0.25, -0.2) is 0 Å². The van der Waals surface area contributed by atoms with Crippen LogP contribution in [0.2, 0.25) is 0 Å². The number of hydrogen-bond donors (Lipinski definition) is 0. The first kappa shape index (κ1) is 15.2. The maximum Gasteiger partial charge on any atom is 0.299 e. The van der Waals surface area contributed by atoms with Crippen molar-refractivity contribution in [3.8, 4) is 11.1 Å². The first-order valence-corrected chi connectivity index (χ1v) is 7.80. The fraction of sp³-hybridized carbons (Fsp3) is 0.400. The topological polar surface area (TPSA) is 0 Å². The molecule has 0 nitrogen and oxygen atoms in total. The molecule has 2 aromatic rings. The lowest BCUT2D eigenvalue weighted by molar-refractivity contribution is 0.0479. The van der Waals surface area contributed by atoms with Crippen molar-refractivity contribution in [2.75, 3.05) is 0 Å². The van der Waals surface area contributed by atoms with E-state index in [9.17, 15) is 8.78 Å². The molecule has 0 heterocycles. The summed E-state index contributed by atoms with van der Waals surface area (Å²) in [6.07, 6.45) is 0. The van der Waals surface area contributed by atoms with Gasteiger partial charge in [-0.15, -0.1) is 0 Å². The second-order valence-electron chi connectivity index (χ2n) is 7.54. The summed E-state index contributed by atoms with van der Waals surface area (Å²) in [6.45, 7) is 10.4. The Morgan fingerprint density at radius 3 is 2.14 bits per heavy atom. The number of benzene rings is 2. The molecule has 1 aliphatic rings. The lowest BCUT2D eigenvalue weighted by Gasteiger charge is -2.20. The average Bonchev–Trinajstić information content (AvgIpc) is 2.66. The predicted molar refractivity (Wildman–Crippen MR) is 87.7 cm³/mol. The number of rotatable bonds is 1. The van der Waals surface area contributed by atoms with Gasteiger partial charge in [-0.2, -0.15) is 8.78 Å². The quantitative estimate of drug-likeness (QED) is 0.585. The highest BCUT2D eigenvalue weighted by atomic mass is 19.3. The zero-order chi connectivity index (χ0) is 16.3. The SMILES string of the molecule is CC(C)c1ccc2c(c1)C(F)(F)c1ccc(C(C)(C)C)cc1-2. The van der Waals surface area contributed by atoms with Crippen LogP contribution in [0.4, 0.5) is 8.78 Å². The van der Waals surface area contributed by atoms with E-state index in [0.717, 1.165) is 11.1 Å². The highest BCUT2D eigenvalue weighted by molar-refractivity contribution is 5.80. The van der Waals surface area contributed by atoms with Crippen molar-refractivity contribution in [2.24, 2.45) is 0 Å². The molecule has 0 saturated carbocycles. The van der Waals surface area contributed by atoms with Crippen LogP contribution in [-0.2, 0) is 11.3 Å². The minimum Gasteiger partial charge on any atom is -0.196 e. The summed E-state index contributed by atoms with van der Waals surface area (Å²) < 4.78 is 29.6. The monoisotopic (exact) mass is 300 g/mol. The zero-order valence-corrected chi connectivity index (χ0v) is 13.8. The van der Waals surface area contributed by atoms with Crippen LogP contribution in [-0.4, -0.2) is 0 Å². The van der Waals surface area contributed by atoms with E-state index in [-0.39, 0.29) is 22.5 Å². The molecule has 0 unspecified atom stereocenters. The van der Waals surface area contributed by atoms with Gasteiger partial charge in [0.05, 0.1) is 0 Å². The molecular weight excluding hydrogens is 278 g/mol. The molecule has 0 atom stereocenters. The first-order valence-electron chi connectivity index (χ1n) is 7.80. The Balaban J connectivity index is 2.24. The summed E-state index contributed by atoms with van der Waals surface area (Å²) in [6, 6.07) is 10.9. The number of hydrogen-bond acceptors (Lipinski definition) is 0. The summed E-state index contributed by atoms with van der Waals surface area (Å²) >= 11 is 0. The fourth-order valence-corrected chi connectivity index (χ4v) is 3.07. The van der Waals surface area contributed by atoms with Crippen LogP contribution in [0.25, 0.3) is 11.1 Å². The smallest absolute Gasteiger partial charge is 0.196 e. The fourth-order valence-electron chi connectivity index (χ4n) is 3.07. The van der Waals surface area contributed by atoms with Crippen LogP contribution in [0.15, 0.2) is 36.4 Å². The molecule has 0 aromatic heterocycles. The lowest BCUT2D eigenvalue weighted by atomic mass is 9.85. The van der Waals surface area contributed by atoms with Crippen LogP contribution in [0, 0.1) is 0 Å². The van der Waals surface area contributed by atoms with Gasteiger partial charge in [0.1, 0.15) is 0 Å². The largest absolute Gasteiger partial charge is 0.299 e. The molecule has 0 radical (unpaired) electrons. The summed E-state index contributed by atoms with van der Waals surface area (Å²) in [5.41, 5.74) is 3.64. The van der Waals surface area contributed by atoms with Crippen LogP contribution < -0.4 is 0 Å². The van der Waals surface area contributed by atoms with Gasteiger partial charge in [0.25, 0.3) is 5.92 Å². The van der Waals surface area contributed by atoms with Gasteiger partial charge in [-0.3, -0.25) is 0 Å². The van der Waals surface area contributed by atoms with Crippen LogP contribution >= 0.6 is 0 Å². The Labute approximate surface area is 131 Å². The van der Waals surface area contributed by atoms with Gasteiger partial charge in [-0.1, -0.05) is 65.0 Å². The van der Waals surface area contributed by atoms with Crippen molar-refractivity contribution in [3.05, 3.63) is 58.7 Å². The summed E-state index contributed by atoms with van der Waals surface area (Å²) in [5.74, 6) is -2.65. The van der Waals surface area contributed by atoms with Crippen molar-refractivity contribution in [2.45, 2.75) is 51.9 Å². The van der Waals surface area contributed by atoms with Crippen molar-refractivity contribution >= 4 is 0 Å². The highest BCUT2D eigenvalue weighted by Gasteiger charge is 2.44. The number of halogens is 2. The third-order valence-electron chi connectivity index (χ3n) is 4.56. The van der Waals surface area contributed by atoms with E-state index >= 15 is 0 Å². The normalized spacial score (nSPS) is 15.8. The Kier molecular flexibility index (Phi) is 3.21. The van der Waals surface area contributed by atoms with E-state index in [1.54, 1.807) is 12.1 Å². The number of fused-ring (bicyclic) bond motifs is 3. The molecular formula is C20H22F2. The van der Waals surface area contributed by atoms with Crippen LogP contribution in [0.3, 0.4) is 0 Å². The Bertz CT molecular complexity index is 734. The van der Waals surface area contributed by atoms with E-state index in [1.165, 1.54) is 0 Å². The standard InChI is InChI=1S/C20H22F2/c1-12(2)13-6-8-15-16-11-14(19(3,4)5)7-9-17(16)20(21,22)18(15)10-13/h6-12H,1-5H3. The maximum atomic E-state index is 14.8. The summed E-state index contributed by atoms with van der Waals surface area (Å²) in [7, 11) is 0. The Morgan fingerprint density at radius 2 is 1.55 bits per heavy atom. The Morgan fingerprint density at radius 1 is 0.864 bits per heavy atom. The van der Waals surface area contributed by atoms with Crippen molar-refractivity contribution in [3.63, 3.8) is 0 Å². The van der Waals surface area contributed by atoms with Crippen LogP contribution in [0.1, 0.15) is 62.8 Å². The van der Waals surface area contributed by atoms with E-state index < -0.39 is 5.92 Å². The van der Waals surface area contributed by atoms with E-state index in [0.29, 0.717) is 11.1 Å². The zero-order valence-electron chi connectivity index (χ0n) is 13.8. The molecule has 0 amide bonds. The predicted octanol–water partition coefficient (Wildman–Crippen LogP) is 6.23. The molecule has 22 heavy (non-hydrogen) atoms. The van der Waals surface area contributed by atoms with E-state index in [2.05, 4.69) is 20.8 Å². The van der Waals surface area contributed by atoms with E-state index in [4.69, 9.17) is 0 Å². The molecule has 0 fully saturated rings. The Hall–Kier alpha value is -1.70. The third kappa shape index (κ3) is 2.16. The molecule has 2 heteroatoms. The summed E-state index contributed by atoms with van der Waals surface area (Å²) in [5, 5.41) is 0. The molecule has 2 aromatic carbocycles. The van der Waals surface area contributed by atoms with Gasteiger partial charge in [0.15, 0.2) is 0 Å². The maximum absolute atomic E-state index is 14.8. The second kappa shape index (κ2) is 4.65. The molecule has 0 aliphatic heterocycles. The van der Waals surface area contributed by atoms with Gasteiger partial charge >= 0.3 is 0 Å². The van der Waals surface area contributed by atoms with Gasteiger partial charge in [-0.05, 0) is 39.7 Å². The summed E-state index contributed by atoms with van der Waals surface area (Å²) in [4.78, 5) is 0. The van der Waals surface area contributed by atoms with Gasteiger partial charge in [0.2, 0.25) is 0 Å². The number of alkyl halides is 2. The minimum atomic E-state index is -2.90. The molecule has 1 aliphatic carbocycles. The lowest BCUT2D eigenvalue weighted by Crippen LogP contribution is -2.13. The minimum absolute atomic E-state index is 0.0507. The van der Waals surface area contributed by atoms with Crippen molar-refractivity contribution < 1.29 is 8.78 Å². The van der Waals surface area contributed by atoms with Crippen LogP contribution in [0.5, 0.6) is 0 Å². The average molecular weight is 300 g/mol. The molecule has 0 bridgehead atoms. The molecule has 3 rings (SSSR count). The van der Waals surface area contributed by atoms with Gasteiger partial charge in [0, 0.05) is 11.1 Å². The molecule has 0 N–H and O–H groups in total.